The minimum Gasteiger partial charge on any atom is -0.359 e. The van der Waals surface area contributed by atoms with Crippen LogP contribution in [0.3, 0.4) is 0 Å². The summed E-state index contributed by atoms with van der Waals surface area (Å²) in [4.78, 5) is 5.13. The van der Waals surface area contributed by atoms with Crippen molar-refractivity contribution >= 4 is 11.4 Å². The van der Waals surface area contributed by atoms with E-state index in [9.17, 15) is 0 Å². The van der Waals surface area contributed by atoms with Crippen molar-refractivity contribution in [3.8, 4) is 0 Å². The summed E-state index contributed by atoms with van der Waals surface area (Å²) >= 11 is 0. The molecule has 110 valence electrons. The molecule has 2 aromatic rings. The summed E-state index contributed by atoms with van der Waals surface area (Å²) in [7, 11) is 2.15. The number of anilines is 2. The van der Waals surface area contributed by atoms with Crippen LogP contribution in [0.25, 0.3) is 0 Å². The van der Waals surface area contributed by atoms with Gasteiger partial charge in [0.1, 0.15) is 0 Å². The van der Waals surface area contributed by atoms with Crippen molar-refractivity contribution in [3.63, 3.8) is 0 Å². The second-order valence-electron chi connectivity index (χ2n) is 5.89. The molecule has 2 aliphatic rings. The van der Waals surface area contributed by atoms with E-state index in [0.717, 1.165) is 26.2 Å². The van der Waals surface area contributed by atoms with E-state index in [1.807, 2.05) is 0 Å². The average Bonchev–Trinajstić information content (AvgIpc) is 3.00. The molecule has 4 rings (SSSR count). The predicted octanol–water partition coefficient (Wildman–Crippen LogP) is 2.58. The molecule has 1 aromatic heterocycles. The van der Waals surface area contributed by atoms with Gasteiger partial charge in [0.15, 0.2) is 0 Å². The Bertz CT molecular complexity index is 648. The Balaban J connectivity index is 1.88. The largest absolute Gasteiger partial charge is 0.359 e. The lowest BCUT2D eigenvalue weighted by atomic mass is 10.1. The highest BCUT2D eigenvalue weighted by Gasteiger charge is 2.34. The zero-order chi connectivity index (χ0) is 14.4. The summed E-state index contributed by atoms with van der Waals surface area (Å²) in [5.41, 5.74) is 4.01. The maximum atomic E-state index is 2.58. The maximum Gasteiger partial charge on any atom is 0.0841 e. The summed E-state index contributed by atoms with van der Waals surface area (Å²) in [6, 6.07) is 13.6. The van der Waals surface area contributed by atoms with E-state index >= 15 is 0 Å². The number of nitrogens with zero attached hydrogens (tertiary/aromatic N) is 4. The lowest BCUT2D eigenvalue weighted by molar-refractivity contribution is 0.231. The van der Waals surface area contributed by atoms with Gasteiger partial charge in [-0.3, -0.25) is 14.6 Å². The van der Waals surface area contributed by atoms with Crippen LogP contribution in [0.1, 0.15) is 18.7 Å². The van der Waals surface area contributed by atoms with Crippen molar-refractivity contribution in [2.75, 3.05) is 43.1 Å². The van der Waals surface area contributed by atoms with Gasteiger partial charge in [-0.1, -0.05) is 19.1 Å². The molecule has 0 N–H and O–H groups in total. The topological polar surface area (TPSA) is 14.7 Å². The third-order valence-electron chi connectivity index (χ3n) is 4.87. The van der Waals surface area contributed by atoms with Gasteiger partial charge in [-0.05, 0) is 30.8 Å². The van der Waals surface area contributed by atoms with Crippen LogP contribution < -0.4 is 9.91 Å². The van der Waals surface area contributed by atoms with Gasteiger partial charge in [-0.2, -0.15) is 0 Å². The molecule has 4 heteroatoms. The first kappa shape index (κ1) is 12.8. The van der Waals surface area contributed by atoms with Gasteiger partial charge in [0.25, 0.3) is 0 Å². The van der Waals surface area contributed by atoms with E-state index in [-0.39, 0.29) is 0 Å². The fourth-order valence-electron chi connectivity index (χ4n) is 3.69. The lowest BCUT2D eigenvalue weighted by Gasteiger charge is -2.41. The number of piperazine rings is 1. The van der Waals surface area contributed by atoms with Gasteiger partial charge >= 0.3 is 0 Å². The number of benzene rings is 1. The first-order valence-corrected chi connectivity index (χ1v) is 7.79. The molecule has 1 aromatic carbocycles. The Kier molecular flexibility index (Phi) is 2.93. The highest BCUT2D eigenvalue weighted by atomic mass is 15.6. The normalized spacial score (nSPS) is 21.5. The fraction of sp³-hybridized carbons (Fsp3) is 0.412. The summed E-state index contributed by atoms with van der Waals surface area (Å²) in [6.45, 7) is 6.72. The van der Waals surface area contributed by atoms with Crippen LogP contribution in [0.15, 0.2) is 42.6 Å². The monoisotopic (exact) mass is 282 g/mol. The fourth-order valence-corrected chi connectivity index (χ4v) is 3.69. The molecule has 0 amide bonds. The van der Waals surface area contributed by atoms with Crippen molar-refractivity contribution in [2.45, 2.75) is 13.0 Å². The molecule has 2 aliphatic heterocycles. The Labute approximate surface area is 126 Å². The van der Waals surface area contributed by atoms with Gasteiger partial charge in [0.05, 0.1) is 23.1 Å². The molecule has 4 nitrogen and oxygen atoms in total. The van der Waals surface area contributed by atoms with Gasteiger partial charge in [0.2, 0.25) is 0 Å². The van der Waals surface area contributed by atoms with E-state index in [4.69, 9.17) is 0 Å². The smallest absolute Gasteiger partial charge is 0.0841 e. The van der Waals surface area contributed by atoms with Crippen LogP contribution in [-0.4, -0.2) is 42.8 Å². The number of fused-ring (bicyclic) bond motifs is 5. The molecule has 1 atom stereocenters. The Morgan fingerprint density at radius 1 is 1.05 bits per heavy atom. The number of hydrogen-bond donors (Lipinski definition) is 0. The summed E-state index contributed by atoms with van der Waals surface area (Å²) < 4.78 is 2.29. The number of aromatic nitrogens is 1. The quantitative estimate of drug-likeness (QED) is 0.799. The minimum atomic E-state index is 0.430. The average molecular weight is 282 g/mol. The first-order chi connectivity index (χ1) is 10.3. The van der Waals surface area contributed by atoms with Crippen LogP contribution in [0.2, 0.25) is 0 Å². The zero-order valence-corrected chi connectivity index (χ0v) is 12.7. The van der Waals surface area contributed by atoms with Crippen molar-refractivity contribution < 1.29 is 0 Å². The van der Waals surface area contributed by atoms with Crippen molar-refractivity contribution in [3.05, 3.63) is 48.3 Å². The zero-order valence-electron chi connectivity index (χ0n) is 12.7. The third kappa shape index (κ3) is 1.86. The Morgan fingerprint density at radius 3 is 2.67 bits per heavy atom. The second kappa shape index (κ2) is 4.81. The summed E-state index contributed by atoms with van der Waals surface area (Å²) in [6.07, 6.45) is 2.17. The number of hydrogen-bond acceptors (Lipinski definition) is 3. The minimum absolute atomic E-state index is 0.430. The molecule has 0 aliphatic carbocycles. The Morgan fingerprint density at radius 2 is 1.86 bits per heavy atom. The van der Waals surface area contributed by atoms with Crippen LogP contribution in [0.5, 0.6) is 0 Å². The standard InChI is InChI=1S/C17H22N4/c1-3-19-11-12-20-15-8-5-4-7-14(15)18(2)21-10-6-9-16(21)17(20)13-19/h4-10,17H,3,11-13H2,1-2H3. The predicted molar refractivity (Wildman–Crippen MR) is 86.9 cm³/mol. The van der Waals surface area contributed by atoms with Crippen molar-refractivity contribution in [2.24, 2.45) is 0 Å². The van der Waals surface area contributed by atoms with E-state index < -0.39 is 0 Å². The van der Waals surface area contributed by atoms with Crippen LogP contribution in [-0.2, 0) is 0 Å². The van der Waals surface area contributed by atoms with Crippen molar-refractivity contribution in [1.82, 2.24) is 9.58 Å². The van der Waals surface area contributed by atoms with Gasteiger partial charge in [0, 0.05) is 32.9 Å². The van der Waals surface area contributed by atoms with E-state index in [1.54, 1.807) is 0 Å². The maximum absolute atomic E-state index is 2.58. The molecule has 21 heavy (non-hydrogen) atoms. The van der Waals surface area contributed by atoms with E-state index in [0.29, 0.717) is 6.04 Å². The third-order valence-corrected chi connectivity index (χ3v) is 4.87. The Hall–Kier alpha value is -1.94. The molecule has 0 bridgehead atoms. The number of rotatable bonds is 1. The molecular weight excluding hydrogens is 260 g/mol. The number of para-hydroxylation sites is 2. The molecule has 0 saturated carbocycles. The van der Waals surface area contributed by atoms with Crippen LogP contribution >= 0.6 is 0 Å². The first-order valence-electron chi connectivity index (χ1n) is 7.79. The van der Waals surface area contributed by atoms with Crippen LogP contribution in [0, 0.1) is 0 Å². The van der Waals surface area contributed by atoms with Gasteiger partial charge < -0.3 is 4.90 Å². The molecule has 1 saturated heterocycles. The van der Waals surface area contributed by atoms with E-state index in [1.165, 1.54) is 17.1 Å². The highest BCUT2D eigenvalue weighted by Crippen LogP contribution is 2.40. The molecule has 0 spiro atoms. The molecular formula is C17H22N4. The SMILES string of the molecule is CCN1CCN2c3ccccc3N(C)n3cccc3C2C1. The van der Waals surface area contributed by atoms with Gasteiger partial charge in [-0.25, -0.2) is 0 Å². The molecule has 3 heterocycles. The highest BCUT2D eigenvalue weighted by molar-refractivity contribution is 5.73. The second-order valence-corrected chi connectivity index (χ2v) is 5.89. The molecule has 1 unspecified atom stereocenters. The summed E-state index contributed by atoms with van der Waals surface area (Å²) in [5.74, 6) is 0. The molecule has 1 fully saturated rings. The van der Waals surface area contributed by atoms with Gasteiger partial charge in [-0.15, -0.1) is 0 Å². The van der Waals surface area contributed by atoms with E-state index in [2.05, 4.69) is 76.1 Å². The molecule has 0 radical (unpaired) electrons. The summed E-state index contributed by atoms with van der Waals surface area (Å²) in [5, 5.41) is 2.26. The van der Waals surface area contributed by atoms with Crippen LogP contribution in [0.4, 0.5) is 11.4 Å². The lowest BCUT2D eigenvalue weighted by Crippen LogP contribution is -2.48. The van der Waals surface area contributed by atoms with Crippen molar-refractivity contribution in [1.29, 1.82) is 0 Å². The number of likely N-dealkylation sites (N-methyl/N-ethyl adjacent to an activating group) is 1.